The van der Waals surface area contributed by atoms with Crippen LogP contribution >= 0.6 is 0 Å². The largest absolute Gasteiger partial charge is 1.00 e. The zero-order chi connectivity index (χ0) is 25.2. The van der Waals surface area contributed by atoms with Gasteiger partial charge in [-0.05, 0) is 51.6 Å². The fraction of sp³-hybridized carbons (Fsp3) is 0.167. The van der Waals surface area contributed by atoms with E-state index in [0.717, 1.165) is 63.6 Å². The maximum absolute atomic E-state index is 13.6. The number of aryl methyl sites for hydroxylation is 1. The normalized spacial score (nSPS) is 11.1. The van der Waals surface area contributed by atoms with Crippen LogP contribution in [0.2, 0.25) is 0 Å². The van der Waals surface area contributed by atoms with Crippen molar-refractivity contribution in [3.63, 3.8) is 0 Å². The van der Waals surface area contributed by atoms with E-state index in [1.54, 1.807) is 0 Å². The van der Waals surface area contributed by atoms with E-state index >= 15 is 0 Å². The fourth-order valence-corrected chi connectivity index (χ4v) is 4.99. The van der Waals surface area contributed by atoms with Gasteiger partial charge in [0.25, 0.3) is 5.56 Å². The summed E-state index contributed by atoms with van der Waals surface area (Å²) in [5.74, 6) is 1.33. The molecule has 0 bridgehead atoms. The Balaban J connectivity index is 0.00000294. The molecule has 182 valence electrons. The van der Waals surface area contributed by atoms with E-state index in [-0.39, 0.29) is 24.4 Å². The summed E-state index contributed by atoms with van der Waals surface area (Å²) in [7, 11) is 0. The van der Waals surface area contributed by atoms with Gasteiger partial charge >= 0.3 is 18.9 Å². The summed E-state index contributed by atoms with van der Waals surface area (Å²) in [6, 6.07) is 28.2. The van der Waals surface area contributed by atoms with Crippen LogP contribution in [-0.2, 0) is 13.0 Å². The summed E-state index contributed by atoms with van der Waals surface area (Å²) in [5, 5.41) is 18.3. The molecule has 2 heterocycles. The summed E-state index contributed by atoms with van der Waals surface area (Å²) < 4.78 is 1.85. The first-order chi connectivity index (χ1) is 18.2. The molecule has 0 radical (unpaired) electrons. The molecule has 7 nitrogen and oxygen atoms in total. The number of unbranched alkanes of at least 4 members (excludes halogenated alkanes) is 1. The first-order valence-electron chi connectivity index (χ1n) is 12.5. The molecule has 0 spiro atoms. The minimum Gasteiger partial charge on any atom is -0.330 e. The van der Waals surface area contributed by atoms with Crippen molar-refractivity contribution in [3.8, 4) is 22.5 Å². The minimum absolute atomic E-state index is 0. The van der Waals surface area contributed by atoms with Crippen LogP contribution in [0.3, 0.4) is 0 Å². The fourth-order valence-electron chi connectivity index (χ4n) is 4.99. The first-order valence-corrected chi connectivity index (χ1v) is 12.5. The zero-order valence-electron chi connectivity index (χ0n) is 21.5. The topological polar surface area (TPSA) is 87.7 Å². The van der Waals surface area contributed by atoms with E-state index in [9.17, 15) is 4.79 Å². The molecule has 0 fully saturated rings. The van der Waals surface area contributed by atoms with Gasteiger partial charge in [0.1, 0.15) is 5.82 Å². The molecule has 38 heavy (non-hydrogen) atoms. The average Bonchev–Trinajstić information content (AvgIpc) is 3.48. The molecular formula is C30H25LiN6O. The van der Waals surface area contributed by atoms with Gasteiger partial charge in [-0.3, -0.25) is 19.7 Å². The Kier molecular flexibility index (Phi) is 7.50. The summed E-state index contributed by atoms with van der Waals surface area (Å²) in [6.45, 7) is 2.61. The van der Waals surface area contributed by atoms with Crippen LogP contribution in [0.1, 0.15) is 31.2 Å². The quantitative estimate of drug-likeness (QED) is 0.318. The van der Waals surface area contributed by atoms with Crippen LogP contribution in [0.5, 0.6) is 0 Å². The van der Waals surface area contributed by atoms with Crippen LogP contribution in [0.15, 0.2) is 89.7 Å². The molecule has 8 heteroatoms. The van der Waals surface area contributed by atoms with Gasteiger partial charge in [0.15, 0.2) is 0 Å². The average molecular weight is 493 g/mol. The van der Waals surface area contributed by atoms with Crippen molar-refractivity contribution in [2.45, 2.75) is 32.7 Å². The number of fused-ring (bicyclic) bond motifs is 2. The number of hydrogen-bond acceptors (Lipinski definition) is 5. The van der Waals surface area contributed by atoms with E-state index in [2.05, 4.69) is 70.0 Å². The molecule has 0 amide bonds. The Morgan fingerprint density at radius 1 is 0.789 bits per heavy atom. The molecule has 2 aromatic heterocycles. The van der Waals surface area contributed by atoms with E-state index in [4.69, 9.17) is 4.98 Å². The maximum atomic E-state index is 13.6. The van der Waals surface area contributed by atoms with Gasteiger partial charge in [-0.2, -0.15) is 5.21 Å². The van der Waals surface area contributed by atoms with Gasteiger partial charge in [-0.25, -0.2) is 4.98 Å². The van der Waals surface area contributed by atoms with Crippen LogP contribution in [-0.4, -0.2) is 25.1 Å². The third-order valence-corrected chi connectivity index (χ3v) is 6.81. The van der Waals surface area contributed by atoms with Crippen LogP contribution in [0.4, 0.5) is 0 Å². The van der Waals surface area contributed by atoms with Crippen LogP contribution < -0.4 is 29.5 Å². The van der Waals surface area contributed by atoms with Crippen molar-refractivity contribution in [2.75, 3.05) is 0 Å². The molecule has 0 aliphatic carbocycles. The number of tetrazole rings is 1. The molecule has 0 saturated heterocycles. The molecular weight excluding hydrogens is 467 g/mol. The first kappa shape index (κ1) is 25.6. The molecule has 0 aliphatic heterocycles. The van der Waals surface area contributed by atoms with Gasteiger partial charge in [0.05, 0.1) is 17.4 Å². The molecule has 6 aromatic rings. The Hall–Kier alpha value is -4.05. The third kappa shape index (κ3) is 4.67. The summed E-state index contributed by atoms with van der Waals surface area (Å²) >= 11 is 0. The minimum atomic E-state index is 0. The predicted octanol–water partition coefficient (Wildman–Crippen LogP) is 2.42. The molecule has 0 aliphatic rings. The van der Waals surface area contributed by atoms with Crippen molar-refractivity contribution in [3.05, 3.63) is 107 Å². The second kappa shape index (κ2) is 11.1. The van der Waals surface area contributed by atoms with E-state index in [1.807, 2.05) is 47.0 Å². The Morgan fingerprint density at radius 2 is 1.50 bits per heavy atom. The van der Waals surface area contributed by atoms with Crippen molar-refractivity contribution in [2.24, 2.45) is 0 Å². The second-order valence-electron chi connectivity index (χ2n) is 9.11. The number of benzene rings is 4. The number of para-hydroxylation sites is 1. The van der Waals surface area contributed by atoms with Crippen molar-refractivity contribution < 1.29 is 18.9 Å². The molecule has 0 unspecified atom stereocenters. The maximum Gasteiger partial charge on any atom is 1.00 e. The third-order valence-electron chi connectivity index (χ3n) is 6.81. The van der Waals surface area contributed by atoms with E-state index in [1.165, 1.54) is 0 Å². The van der Waals surface area contributed by atoms with E-state index < -0.39 is 0 Å². The number of rotatable bonds is 7. The van der Waals surface area contributed by atoms with Crippen LogP contribution in [0.25, 0.3) is 44.2 Å². The van der Waals surface area contributed by atoms with Crippen molar-refractivity contribution in [1.82, 2.24) is 30.2 Å². The number of aromatic nitrogens is 6. The van der Waals surface area contributed by atoms with Crippen LogP contribution in [0, 0.1) is 0 Å². The van der Waals surface area contributed by atoms with Crippen molar-refractivity contribution in [1.29, 1.82) is 0 Å². The van der Waals surface area contributed by atoms with Gasteiger partial charge in [0, 0.05) is 12.2 Å². The van der Waals surface area contributed by atoms with E-state index in [0.29, 0.717) is 17.8 Å². The molecule has 0 atom stereocenters. The predicted molar refractivity (Wildman–Crippen MR) is 145 cm³/mol. The Bertz CT molecular complexity index is 1780. The summed E-state index contributed by atoms with van der Waals surface area (Å²) in [4.78, 5) is 18.5. The van der Waals surface area contributed by atoms with Gasteiger partial charge in [0.2, 0.25) is 0 Å². The Morgan fingerprint density at radius 3 is 2.32 bits per heavy atom. The molecule has 6 rings (SSSR count). The van der Waals surface area contributed by atoms with Gasteiger partial charge in [-0.1, -0.05) is 86.1 Å². The van der Waals surface area contributed by atoms with Gasteiger partial charge < -0.3 is 5.10 Å². The number of nitrogens with zero attached hydrogens (tertiary/aromatic N) is 6. The summed E-state index contributed by atoms with van der Waals surface area (Å²) in [5.41, 5.74) is 4.78. The second-order valence-corrected chi connectivity index (χ2v) is 9.11. The summed E-state index contributed by atoms with van der Waals surface area (Å²) in [6.07, 6.45) is 2.79. The Labute approximate surface area is 232 Å². The van der Waals surface area contributed by atoms with Gasteiger partial charge in [-0.15, -0.1) is 0 Å². The zero-order valence-corrected chi connectivity index (χ0v) is 21.5. The molecule has 4 aromatic carbocycles. The molecule has 0 N–H and O–H groups in total. The number of hydrogen-bond donors (Lipinski definition) is 0. The smallest absolute Gasteiger partial charge is 0.330 e. The monoisotopic (exact) mass is 492 g/mol. The SMILES string of the molecule is CCCCc1nc2ccccc2c(=O)n1Cc1cccc2c(-c3ccccc3-c3nnn[n-]3)cccc12.[Li+]. The van der Waals surface area contributed by atoms with Crippen molar-refractivity contribution >= 4 is 21.7 Å². The molecule has 0 saturated carbocycles. The standard InChI is InChI=1S/C30H25N6O.Li/c1-2-3-18-28-31-27-17-7-6-13-26(27)30(37)36(28)19-20-10-8-15-22-21(20)14-9-16-23(22)24-11-4-5-12-25(24)29-32-34-35-33-29;/h4-17H,2-3,18-19H2,1H3;/q-1;+1.